The summed E-state index contributed by atoms with van der Waals surface area (Å²) in [6.45, 7) is 1.05. The summed E-state index contributed by atoms with van der Waals surface area (Å²) in [6.07, 6.45) is 2.04. The SMILES string of the molecule is Cn1cnc2c(C(=O)N3CCC[C@H](c4cc(C(F)F)cc5ncnn45)C3)cccc21. The van der Waals surface area contributed by atoms with E-state index >= 15 is 0 Å². The van der Waals surface area contributed by atoms with Crippen molar-refractivity contribution in [2.45, 2.75) is 25.2 Å². The van der Waals surface area contributed by atoms with Gasteiger partial charge in [-0.25, -0.2) is 23.3 Å². The molecular weight excluding hydrogens is 390 g/mol. The largest absolute Gasteiger partial charge is 0.338 e. The van der Waals surface area contributed by atoms with E-state index in [1.165, 1.54) is 18.5 Å². The Kier molecular flexibility index (Phi) is 4.45. The first-order valence-electron chi connectivity index (χ1n) is 9.84. The quantitative estimate of drug-likeness (QED) is 0.518. The fourth-order valence-electron chi connectivity index (χ4n) is 4.29. The number of aryl methyl sites for hydroxylation is 1. The average molecular weight is 410 g/mol. The van der Waals surface area contributed by atoms with Crippen LogP contribution in [0.4, 0.5) is 8.78 Å². The number of imidazole rings is 1. The number of hydrogen-bond acceptors (Lipinski definition) is 4. The fourth-order valence-corrected chi connectivity index (χ4v) is 4.29. The molecule has 0 unspecified atom stereocenters. The molecule has 0 saturated carbocycles. The molecule has 30 heavy (non-hydrogen) atoms. The normalized spacial score (nSPS) is 17.3. The predicted octanol–water partition coefficient (Wildman–Crippen LogP) is 3.57. The van der Waals surface area contributed by atoms with Crippen molar-refractivity contribution in [3.05, 3.63) is 59.8 Å². The van der Waals surface area contributed by atoms with Crippen LogP contribution >= 0.6 is 0 Å². The van der Waals surface area contributed by atoms with Gasteiger partial charge in [0.1, 0.15) is 11.8 Å². The number of fused-ring (bicyclic) bond motifs is 2. The molecule has 1 aromatic carbocycles. The molecule has 4 aromatic rings. The highest BCUT2D eigenvalue weighted by molar-refractivity contribution is 6.05. The maximum absolute atomic E-state index is 13.4. The number of halogens is 2. The van der Waals surface area contributed by atoms with Crippen LogP contribution in [0.2, 0.25) is 0 Å². The Morgan fingerprint density at radius 2 is 2.10 bits per heavy atom. The summed E-state index contributed by atoms with van der Waals surface area (Å²) in [6, 6.07) is 8.41. The standard InChI is InChI=1S/C21H20F2N6O/c1-27-12-25-19-15(5-2-6-16(19)27)21(30)28-7-3-4-13(10-28)17-8-14(20(22)23)9-18-24-11-26-29(17)18/h2,5-6,8-9,11-13,20H,3-4,7,10H2,1H3/t13-/m0/s1. The van der Waals surface area contributed by atoms with Gasteiger partial charge in [-0.2, -0.15) is 5.10 Å². The summed E-state index contributed by atoms with van der Waals surface area (Å²) in [7, 11) is 1.89. The first kappa shape index (κ1) is 18.7. The van der Waals surface area contributed by atoms with Gasteiger partial charge in [0.25, 0.3) is 12.3 Å². The Morgan fingerprint density at radius 1 is 1.23 bits per heavy atom. The van der Waals surface area contributed by atoms with Crippen LogP contribution in [-0.4, -0.2) is 48.0 Å². The minimum atomic E-state index is -2.59. The molecule has 0 radical (unpaired) electrons. The number of rotatable bonds is 3. The average Bonchev–Trinajstić information content (AvgIpc) is 3.39. The summed E-state index contributed by atoms with van der Waals surface area (Å²) in [5.74, 6) is -0.197. The second-order valence-electron chi connectivity index (χ2n) is 7.66. The Hall–Kier alpha value is -3.36. The first-order valence-corrected chi connectivity index (χ1v) is 9.84. The van der Waals surface area contributed by atoms with Gasteiger partial charge >= 0.3 is 0 Å². The molecule has 3 aromatic heterocycles. The Labute approximate surface area is 171 Å². The molecule has 5 rings (SSSR count). The van der Waals surface area contributed by atoms with E-state index < -0.39 is 6.43 Å². The molecule has 0 spiro atoms. The van der Waals surface area contributed by atoms with Crippen LogP contribution in [0.15, 0.2) is 43.0 Å². The van der Waals surface area contributed by atoms with Crippen LogP contribution in [0, 0.1) is 0 Å². The first-order chi connectivity index (χ1) is 14.5. The highest BCUT2D eigenvalue weighted by Crippen LogP contribution is 2.31. The lowest BCUT2D eigenvalue weighted by atomic mass is 9.92. The van der Waals surface area contributed by atoms with Gasteiger partial charge in [0.05, 0.1) is 17.4 Å². The van der Waals surface area contributed by atoms with E-state index in [4.69, 9.17) is 0 Å². The summed E-state index contributed by atoms with van der Waals surface area (Å²) in [5.41, 5.74) is 3.10. The van der Waals surface area contributed by atoms with Crippen molar-refractivity contribution in [3.63, 3.8) is 0 Å². The van der Waals surface area contributed by atoms with Crippen molar-refractivity contribution in [1.82, 2.24) is 29.0 Å². The number of piperidine rings is 1. The summed E-state index contributed by atoms with van der Waals surface area (Å²) in [4.78, 5) is 23.6. The molecule has 0 N–H and O–H groups in total. The zero-order chi connectivity index (χ0) is 20.8. The van der Waals surface area contributed by atoms with E-state index in [0.29, 0.717) is 35.5 Å². The van der Waals surface area contributed by atoms with Crippen molar-refractivity contribution in [2.24, 2.45) is 7.05 Å². The second-order valence-corrected chi connectivity index (χ2v) is 7.66. The maximum Gasteiger partial charge on any atom is 0.264 e. The van der Waals surface area contributed by atoms with Crippen molar-refractivity contribution < 1.29 is 13.6 Å². The molecule has 1 fully saturated rings. The molecule has 0 bridgehead atoms. The van der Waals surface area contributed by atoms with Gasteiger partial charge < -0.3 is 9.47 Å². The van der Waals surface area contributed by atoms with Crippen molar-refractivity contribution in [1.29, 1.82) is 0 Å². The molecule has 1 aliphatic heterocycles. The lowest BCUT2D eigenvalue weighted by Gasteiger charge is -2.33. The molecule has 154 valence electrons. The zero-order valence-electron chi connectivity index (χ0n) is 16.4. The number of carbonyl (C=O) groups is 1. The molecular formula is C21H20F2N6O. The molecule has 1 saturated heterocycles. The van der Waals surface area contributed by atoms with Crippen LogP contribution in [0.3, 0.4) is 0 Å². The monoisotopic (exact) mass is 410 g/mol. The number of hydrogen-bond donors (Lipinski definition) is 0. The van der Waals surface area contributed by atoms with Crippen molar-refractivity contribution in [2.75, 3.05) is 13.1 Å². The number of aromatic nitrogens is 5. The molecule has 1 aliphatic rings. The number of amides is 1. The van der Waals surface area contributed by atoms with E-state index in [9.17, 15) is 13.6 Å². The second kappa shape index (κ2) is 7.16. The third-order valence-corrected chi connectivity index (χ3v) is 5.79. The van der Waals surface area contributed by atoms with Crippen molar-refractivity contribution in [3.8, 4) is 0 Å². The van der Waals surface area contributed by atoms with Gasteiger partial charge in [-0.05, 0) is 37.1 Å². The number of carbonyl (C=O) groups excluding carboxylic acids is 1. The van der Waals surface area contributed by atoms with Gasteiger partial charge in [-0.1, -0.05) is 6.07 Å². The van der Waals surface area contributed by atoms with Gasteiger partial charge in [0.2, 0.25) is 0 Å². The lowest BCUT2D eigenvalue weighted by Crippen LogP contribution is -2.39. The molecule has 9 heteroatoms. The molecule has 1 atom stereocenters. The smallest absolute Gasteiger partial charge is 0.264 e. The number of para-hydroxylation sites is 1. The molecule has 4 heterocycles. The molecule has 0 aliphatic carbocycles. The van der Waals surface area contributed by atoms with Crippen LogP contribution in [0.25, 0.3) is 16.7 Å². The Balaban J connectivity index is 1.49. The summed E-state index contributed by atoms with van der Waals surface area (Å²) < 4.78 is 30.3. The van der Waals surface area contributed by atoms with Gasteiger partial charge in [-0.3, -0.25) is 4.79 Å². The highest BCUT2D eigenvalue weighted by atomic mass is 19.3. The van der Waals surface area contributed by atoms with E-state index in [0.717, 1.165) is 18.4 Å². The van der Waals surface area contributed by atoms with E-state index in [2.05, 4.69) is 15.1 Å². The minimum Gasteiger partial charge on any atom is -0.338 e. The van der Waals surface area contributed by atoms with Crippen LogP contribution in [-0.2, 0) is 7.05 Å². The third kappa shape index (κ3) is 3.01. The number of pyridine rings is 1. The number of likely N-dealkylation sites (tertiary alicyclic amines) is 1. The number of benzene rings is 1. The number of nitrogens with zero attached hydrogens (tertiary/aromatic N) is 6. The minimum absolute atomic E-state index is 0.0767. The topological polar surface area (TPSA) is 68.3 Å². The van der Waals surface area contributed by atoms with Gasteiger partial charge in [-0.15, -0.1) is 0 Å². The highest BCUT2D eigenvalue weighted by Gasteiger charge is 2.29. The number of alkyl halides is 2. The van der Waals surface area contributed by atoms with Crippen LogP contribution < -0.4 is 0 Å². The summed E-state index contributed by atoms with van der Waals surface area (Å²) >= 11 is 0. The maximum atomic E-state index is 13.4. The molecule has 7 nitrogen and oxygen atoms in total. The summed E-state index contributed by atoms with van der Waals surface area (Å²) in [5, 5.41) is 4.21. The van der Waals surface area contributed by atoms with Gasteiger partial charge in [0.15, 0.2) is 5.65 Å². The van der Waals surface area contributed by atoms with Crippen molar-refractivity contribution >= 4 is 22.6 Å². The Morgan fingerprint density at radius 3 is 2.93 bits per heavy atom. The fraction of sp³-hybridized carbons (Fsp3) is 0.333. The van der Waals surface area contributed by atoms with Gasteiger partial charge in [0, 0.05) is 37.3 Å². The van der Waals surface area contributed by atoms with E-state index in [-0.39, 0.29) is 17.4 Å². The van der Waals surface area contributed by atoms with E-state index in [1.54, 1.807) is 21.8 Å². The molecule has 1 amide bonds. The van der Waals surface area contributed by atoms with E-state index in [1.807, 2.05) is 23.7 Å². The van der Waals surface area contributed by atoms with Crippen LogP contribution in [0.5, 0.6) is 0 Å². The predicted molar refractivity (Wildman–Crippen MR) is 107 cm³/mol. The Bertz CT molecular complexity index is 1250. The third-order valence-electron chi connectivity index (χ3n) is 5.79. The zero-order valence-corrected chi connectivity index (χ0v) is 16.4. The lowest BCUT2D eigenvalue weighted by molar-refractivity contribution is 0.0706. The van der Waals surface area contributed by atoms with Crippen LogP contribution in [0.1, 0.15) is 46.8 Å².